The van der Waals surface area contributed by atoms with Gasteiger partial charge in [0.15, 0.2) is 0 Å². The fourth-order valence-electron chi connectivity index (χ4n) is 3.50. The van der Waals surface area contributed by atoms with Crippen molar-refractivity contribution >= 4 is 31.7 Å². The maximum Gasteiger partial charge on any atom is 0.236 e. The highest BCUT2D eigenvalue weighted by molar-refractivity contribution is 9.10. The normalized spacial score (nSPS) is 15.4. The molecule has 2 aromatic carbocycles. The van der Waals surface area contributed by atoms with Crippen molar-refractivity contribution in [1.29, 1.82) is 0 Å². The highest BCUT2D eigenvalue weighted by Gasteiger charge is 2.33. The zero-order chi connectivity index (χ0) is 21.3. The molecule has 0 bridgehead atoms. The van der Waals surface area contributed by atoms with E-state index in [9.17, 15) is 8.42 Å². The zero-order valence-electron chi connectivity index (χ0n) is 16.8. The van der Waals surface area contributed by atoms with Gasteiger partial charge in [-0.1, -0.05) is 19.1 Å². The Bertz CT molecular complexity index is 1130. The summed E-state index contributed by atoms with van der Waals surface area (Å²) in [6, 6.07) is 13.8. The number of hydrogen-bond donors (Lipinski definition) is 0. The van der Waals surface area contributed by atoms with E-state index in [4.69, 9.17) is 9.15 Å². The van der Waals surface area contributed by atoms with E-state index in [-0.39, 0.29) is 15.8 Å². The van der Waals surface area contributed by atoms with Gasteiger partial charge in [-0.25, -0.2) is 8.42 Å². The quantitative estimate of drug-likeness (QED) is 0.490. The zero-order valence-corrected chi connectivity index (χ0v) is 19.2. The van der Waals surface area contributed by atoms with Gasteiger partial charge >= 0.3 is 0 Å². The number of halogens is 1. The topological polar surface area (TPSA) is 72.6 Å². The summed E-state index contributed by atoms with van der Waals surface area (Å²) in [5, 5.41) is -0.0482. The van der Waals surface area contributed by atoms with Crippen molar-refractivity contribution in [3.05, 3.63) is 53.0 Å². The maximum absolute atomic E-state index is 13.5. The first kappa shape index (κ1) is 20.9. The van der Waals surface area contributed by atoms with Crippen LogP contribution in [0.4, 0.5) is 5.88 Å². The highest BCUT2D eigenvalue weighted by atomic mass is 79.9. The van der Waals surface area contributed by atoms with Gasteiger partial charge < -0.3 is 14.1 Å². The first-order valence-corrected chi connectivity index (χ1v) is 12.1. The minimum Gasteiger partial charge on any atom is -0.497 e. The standard InChI is InChI=1S/C22H23BrN2O4S/c1-15-11-13-25(14-12-15)22-21(24-20(29-22)18-5-3-4-6-19(18)23)30(26,27)17-9-7-16(28-2)8-10-17/h3-10,15H,11-14H2,1-2H3. The number of piperidine rings is 1. The van der Waals surface area contributed by atoms with E-state index >= 15 is 0 Å². The summed E-state index contributed by atoms with van der Waals surface area (Å²) >= 11 is 3.51. The molecular weight excluding hydrogens is 468 g/mol. The second-order valence-electron chi connectivity index (χ2n) is 7.46. The van der Waals surface area contributed by atoms with Crippen molar-refractivity contribution in [2.24, 2.45) is 5.92 Å². The minimum absolute atomic E-state index is 0.0482. The van der Waals surface area contributed by atoms with Crippen LogP contribution in [0.25, 0.3) is 11.5 Å². The van der Waals surface area contributed by atoms with Crippen LogP contribution in [0.5, 0.6) is 5.75 Å². The SMILES string of the molecule is COc1ccc(S(=O)(=O)c2nc(-c3ccccc3Br)oc2N2CCC(C)CC2)cc1. The fraction of sp³-hybridized carbons (Fsp3) is 0.318. The summed E-state index contributed by atoms with van der Waals surface area (Å²) in [6.45, 7) is 3.67. The number of rotatable bonds is 5. The second kappa shape index (κ2) is 8.43. The maximum atomic E-state index is 13.5. The highest BCUT2D eigenvalue weighted by Crippen LogP contribution is 2.38. The van der Waals surface area contributed by atoms with Crippen molar-refractivity contribution < 1.29 is 17.6 Å². The van der Waals surface area contributed by atoms with Gasteiger partial charge in [-0.05, 0) is 71.1 Å². The number of benzene rings is 2. The smallest absolute Gasteiger partial charge is 0.236 e. The molecule has 8 heteroatoms. The Morgan fingerprint density at radius 1 is 1.10 bits per heavy atom. The van der Waals surface area contributed by atoms with Gasteiger partial charge in [0.05, 0.1) is 17.6 Å². The summed E-state index contributed by atoms with van der Waals surface area (Å²) in [5.41, 5.74) is 0.709. The number of anilines is 1. The van der Waals surface area contributed by atoms with Crippen LogP contribution in [-0.2, 0) is 9.84 Å². The summed E-state index contributed by atoms with van der Waals surface area (Å²) in [7, 11) is -2.33. The molecule has 0 aliphatic carbocycles. The molecule has 1 aliphatic heterocycles. The van der Waals surface area contributed by atoms with E-state index in [1.54, 1.807) is 19.2 Å². The molecule has 0 spiro atoms. The molecule has 0 saturated carbocycles. The number of oxazole rings is 1. The molecule has 0 N–H and O–H groups in total. The predicted octanol–water partition coefficient (Wildman–Crippen LogP) is 5.18. The van der Waals surface area contributed by atoms with Crippen LogP contribution in [0.3, 0.4) is 0 Å². The summed E-state index contributed by atoms with van der Waals surface area (Å²) in [4.78, 5) is 6.61. The molecule has 1 fully saturated rings. The Hall–Kier alpha value is -2.32. The molecule has 1 aliphatic rings. The lowest BCUT2D eigenvalue weighted by Crippen LogP contribution is -2.33. The Balaban J connectivity index is 1.83. The molecule has 1 aromatic heterocycles. The van der Waals surface area contributed by atoms with Crippen LogP contribution in [0.2, 0.25) is 0 Å². The van der Waals surface area contributed by atoms with Crippen LogP contribution >= 0.6 is 15.9 Å². The number of sulfone groups is 1. The molecule has 158 valence electrons. The van der Waals surface area contributed by atoms with Gasteiger partial charge in [0, 0.05) is 17.6 Å². The summed E-state index contributed by atoms with van der Waals surface area (Å²) < 4.78 is 39.0. The Labute approximate surface area is 184 Å². The van der Waals surface area contributed by atoms with Crippen molar-refractivity contribution in [2.45, 2.75) is 29.7 Å². The van der Waals surface area contributed by atoms with Crippen molar-refractivity contribution in [3.8, 4) is 17.2 Å². The summed E-state index contributed by atoms with van der Waals surface area (Å²) in [6.07, 6.45) is 1.96. The molecule has 0 atom stereocenters. The van der Waals surface area contributed by atoms with E-state index in [0.29, 0.717) is 23.1 Å². The number of methoxy groups -OCH3 is 1. The third kappa shape index (κ3) is 3.98. The van der Waals surface area contributed by atoms with Gasteiger partial charge in [-0.3, -0.25) is 0 Å². The Kier molecular flexibility index (Phi) is 5.88. The van der Waals surface area contributed by atoms with Gasteiger partial charge in [-0.2, -0.15) is 4.98 Å². The minimum atomic E-state index is -3.87. The van der Waals surface area contributed by atoms with E-state index in [2.05, 4.69) is 27.8 Å². The molecular formula is C22H23BrN2O4S. The van der Waals surface area contributed by atoms with Gasteiger partial charge in [0.25, 0.3) is 0 Å². The fourth-order valence-corrected chi connectivity index (χ4v) is 5.28. The van der Waals surface area contributed by atoms with Crippen LogP contribution in [-0.4, -0.2) is 33.6 Å². The lowest BCUT2D eigenvalue weighted by atomic mass is 9.99. The third-order valence-corrected chi connectivity index (χ3v) is 7.74. The van der Waals surface area contributed by atoms with E-state index in [1.165, 1.54) is 12.1 Å². The molecule has 1 saturated heterocycles. The average molecular weight is 491 g/mol. The van der Waals surface area contributed by atoms with E-state index in [1.807, 2.05) is 29.2 Å². The van der Waals surface area contributed by atoms with Crippen molar-refractivity contribution in [3.63, 3.8) is 0 Å². The van der Waals surface area contributed by atoms with E-state index in [0.717, 1.165) is 30.4 Å². The van der Waals surface area contributed by atoms with Gasteiger partial charge in [-0.15, -0.1) is 0 Å². The average Bonchev–Trinajstić information content (AvgIpc) is 3.21. The molecule has 30 heavy (non-hydrogen) atoms. The van der Waals surface area contributed by atoms with Crippen LogP contribution < -0.4 is 9.64 Å². The molecule has 0 unspecified atom stereocenters. The number of ether oxygens (including phenoxy) is 1. The number of hydrogen-bond acceptors (Lipinski definition) is 6. The Morgan fingerprint density at radius 2 is 1.77 bits per heavy atom. The van der Waals surface area contributed by atoms with Gasteiger partial charge in [0.1, 0.15) is 5.75 Å². The number of nitrogens with zero attached hydrogens (tertiary/aromatic N) is 2. The van der Waals surface area contributed by atoms with E-state index < -0.39 is 9.84 Å². The molecule has 0 amide bonds. The molecule has 4 rings (SSSR count). The first-order valence-electron chi connectivity index (χ1n) is 9.80. The third-order valence-electron chi connectivity index (χ3n) is 5.38. The van der Waals surface area contributed by atoms with Crippen molar-refractivity contribution in [1.82, 2.24) is 4.98 Å². The number of aromatic nitrogens is 1. The predicted molar refractivity (Wildman–Crippen MR) is 119 cm³/mol. The van der Waals surface area contributed by atoms with Crippen LogP contribution in [0, 0.1) is 5.92 Å². The van der Waals surface area contributed by atoms with Crippen LogP contribution in [0.1, 0.15) is 19.8 Å². The molecule has 3 aromatic rings. The first-order chi connectivity index (χ1) is 14.4. The Morgan fingerprint density at radius 3 is 2.40 bits per heavy atom. The molecule has 2 heterocycles. The molecule has 6 nitrogen and oxygen atoms in total. The van der Waals surface area contributed by atoms with Crippen molar-refractivity contribution in [2.75, 3.05) is 25.1 Å². The second-order valence-corrected chi connectivity index (χ2v) is 10.2. The monoisotopic (exact) mass is 490 g/mol. The molecule has 0 radical (unpaired) electrons. The van der Waals surface area contributed by atoms with Gasteiger partial charge in [0.2, 0.25) is 26.6 Å². The lowest BCUT2D eigenvalue weighted by molar-refractivity contribution is 0.414. The summed E-state index contributed by atoms with van der Waals surface area (Å²) in [5.74, 6) is 1.79. The van der Waals surface area contributed by atoms with Crippen LogP contribution in [0.15, 0.2) is 67.3 Å². The largest absolute Gasteiger partial charge is 0.497 e. The lowest BCUT2D eigenvalue weighted by Gasteiger charge is -2.30.